The SMILES string of the molecule is CC/C=C\c1sc2c(Cc3ccc(C)s3)cccc2c1CC. The van der Waals surface area contributed by atoms with Gasteiger partial charge in [-0.1, -0.05) is 38.1 Å². The molecule has 0 saturated heterocycles. The van der Waals surface area contributed by atoms with Gasteiger partial charge in [0.1, 0.15) is 0 Å². The highest BCUT2D eigenvalue weighted by Gasteiger charge is 2.12. The molecule has 0 aliphatic rings. The van der Waals surface area contributed by atoms with E-state index < -0.39 is 0 Å². The Labute approximate surface area is 141 Å². The van der Waals surface area contributed by atoms with Crippen LogP contribution in [0.1, 0.15) is 46.0 Å². The Kier molecular flexibility index (Phi) is 4.80. The van der Waals surface area contributed by atoms with Gasteiger partial charge < -0.3 is 0 Å². The monoisotopic (exact) mass is 326 g/mol. The van der Waals surface area contributed by atoms with Crippen LogP contribution >= 0.6 is 22.7 Å². The molecule has 0 saturated carbocycles. The number of rotatable bonds is 5. The largest absolute Gasteiger partial charge is 0.145 e. The van der Waals surface area contributed by atoms with Crippen LogP contribution in [0, 0.1) is 6.92 Å². The second-order valence-electron chi connectivity index (χ2n) is 5.59. The number of benzene rings is 1. The van der Waals surface area contributed by atoms with Crippen LogP contribution in [0.15, 0.2) is 36.4 Å². The summed E-state index contributed by atoms with van der Waals surface area (Å²) >= 11 is 3.87. The molecule has 0 N–H and O–H groups in total. The lowest BCUT2D eigenvalue weighted by molar-refractivity contribution is 1.16. The van der Waals surface area contributed by atoms with Crippen molar-refractivity contribution in [3.63, 3.8) is 0 Å². The summed E-state index contributed by atoms with van der Waals surface area (Å²) in [5.74, 6) is 0. The molecule has 22 heavy (non-hydrogen) atoms. The van der Waals surface area contributed by atoms with E-state index in [-0.39, 0.29) is 0 Å². The normalized spacial score (nSPS) is 11.8. The Morgan fingerprint density at radius 1 is 1.05 bits per heavy atom. The second kappa shape index (κ2) is 6.80. The molecular formula is C20H22S2. The number of aryl methyl sites for hydroxylation is 2. The van der Waals surface area contributed by atoms with Gasteiger partial charge in [0, 0.05) is 25.8 Å². The van der Waals surface area contributed by atoms with Crippen molar-refractivity contribution >= 4 is 38.8 Å². The van der Waals surface area contributed by atoms with Crippen molar-refractivity contribution in [2.75, 3.05) is 0 Å². The summed E-state index contributed by atoms with van der Waals surface area (Å²) in [6, 6.07) is 11.3. The summed E-state index contributed by atoms with van der Waals surface area (Å²) in [5, 5.41) is 1.45. The summed E-state index contributed by atoms with van der Waals surface area (Å²) in [6.07, 6.45) is 7.83. The molecule has 0 atom stereocenters. The van der Waals surface area contributed by atoms with Crippen LogP contribution in [-0.4, -0.2) is 0 Å². The molecule has 0 fully saturated rings. The highest BCUT2D eigenvalue weighted by Crippen LogP contribution is 2.36. The van der Waals surface area contributed by atoms with Gasteiger partial charge in [0.15, 0.2) is 0 Å². The first-order chi connectivity index (χ1) is 10.7. The lowest BCUT2D eigenvalue weighted by Gasteiger charge is -2.02. The maximum absolute atomic E-state index is 2.31. The smallest absolute Gasteiger partial charge is 0.0387 e. The third-order valence-electron chi connectivity index (χ3n) is 3.95. The van der Waals surface area contributed by atoms with Gasteiger partial charge in [-0.2, -0.15) is 0 Å². The molecule has 2 aromatic heterocycles. The van der Waals surface area contributed by atoms with Gasteiger partial charge in [-0.25, -0.2) is 0 Å². The van der Waals surface area contributed by atoms with Crippen LogP contribution in [-0.2, 0) is 12.8 Å². The standard InChI is InChI=1S/C20H22S2/c1-4-6-10-19-17(5-2)18-9-7-8-15(20(18)22-19)13-16-12-11-14(3)21-16/h6-12H,4-5,13H2,1-3H3/b10-6-. The van der Waals surface area contributed by atoms with E-state index in [2.05, 4.69) is 63.3 Å². The van der Waals surface area contributed by atoms with Crippen molar-refractivity contribution in [2.45, 2.75) is 40.0 Å². The van der Waals surface area contributed by atoms with Crippen molar-refractivity contribution in [3.8, 4) is 0 Å². The van der Waals surface area contributed by atoms with Crippen LogP contribution in [0.3, 0.4) is 0 Å². The van der Waals surface area contributed by atoms with E-state index in [1.807, 2.05) is 22.7 Å². The van der Waals surface area contributed by atoms with E-state index in [9.17, 15) is 0 Å². The predicted octanol–water partition coefficient (Wildman–Crippen LogP) is 6.85. The van der Waals surface area contributed by atoms with E-state index in [4.69, 9.17) is 0 Å². The first kappa shape index (κ1) is 15.5. The lowest BCUT2D eigenvalue weighted by atomic mass is 10.0. The Bertz CT molecular complexity index is 802. The summed E-state index contributed by atoms with van der Waals surface area (Å²) in [6.45, 7) is 6.64. The average molecular weight is 327 g/mol. The van der Waals surface area contributed by atoms with Gasteiger partial charge >= 0.3 is 0 Å². The first-order valence-corrected chi connectivity index (χ1v) is 9.61. The fraction of sp³-hybridized carbons (Fsp3) is 0.300. The Balaban J connectivity index is 2.07. The molecule has 0 nitrogen and oxygen atoms in total. The topological polar surface area (TPSA) is 0 Å². The number of hydrogen-bond acceptors (Lipinski definition) is 2. The summed E-state index contributed by atoms with van der Waals surface area (Å²) in [7, 11) is 0. The minimum atomic E-state index is 1.05. The highest BCUT2D eigenvalue weighted by molar-refractivity contribution is 7.20. The molecule has 0 amide bonds. The third kappa shape index (κ3) is 3.04. The Hall–Kier alpha value is -1.38. The molecular weight excluding hydrogens is 304 g/mol. The maximum Gasteiger partial charge on any atom is 0.0387 e. The van der Waals surface area contributed by atoms with Crippen LogP contribution in [0.4, 0.5) is 0 Å². The lowest BCUT2D eigenvalue weighted by Crippen LogP contribution is -1.85. The van der Waals surface area contributed by atoms with E-state index >= 15 is 0 Å². The molecule has 0 aliphatic heterocycles. The van der Waals surface area contributed by atoms with Gasteiger partial charge in [0.2, 0.25) is 0 Å². The number of hydrogen-bond donors (Lipinski definition) is 0. The van der Waals surface area contributed by atoms with Crippen LogP contribution in [0.25, 0.3) is 16.2 Å². The number of fused-ring (bicyclic) bond motifs is 1. The Morgan fingerprint density at radius 3 is 2.59 bits per heavy atom. The van der Waals surface area contributed by atoms with Gasteiger partial charge in [0.25, 0.3) is 0 Å². The molecule has 0 spiro atoms. The van der Waals surface area contributed by atoms with E-state index in [0.717, 1.165) is 19.3 Å². The van der Waals surface area contributed by atoms with Crippen molar-refractivity contribution in [1.29, 1.82) is 0 Å². The van der Waals surface area contributed by atoms with E-state index in [1.165, 1.54) is 35.8 Å². The fourth-order valence-corrected chi connectivity index (χ4v) is 5.13. The molecule has 3 aromatic rings. The quantitative estimate of drug-likeness (QED) is 0.481. The Morgan fingerprint density at radius 2 is 1.91 bits per heavy atom. The molecule has 0 unspecified atom stereocenters. The predicted molar refractivity (Wildman–Crippen MR) is 102 cm³/mol. The molecule has 3 rings (SSSR count). The maximum atomic E-state index is 2.31. The number of allylic oxidation sites excluding steroid dienone is 1. The van der Waals surface area contributed by atoms with Crippen LogP contribution in [0.2, 0.25) is 0 Å². The molecule has 114 valence electrons. The van der Waals surface area contributed by atoms with Gasteiger partial charge in [-0.15, -0.1) is 22.7 Å². The second-order valence-corrected chi connectivity index (χ2v) is 8.02. The van der Waals surface area contributed by atoms with Crippen molar-refractivity contribution < 1.29 is 0 Å². The van der Waals surface area contributed by atoms with Gasteiger partial charge in [0.05, 0.1) is 0 Å². The zero-order valence-electron chi connectivity index (χ0n) is 13.5. The van der Waals surface area contributed by atoms with Crippen molar-refractivity contribution in [2.24, 2.45) is 0 Å². The zero-order chi connectivity index (χ0) is 15.5. The highest BCUT2D eigenvalue weighted by atomic mass is 32.1. The van der Waals surface area contributed by atoms with Crippen molar-refractivity contribution in [3.05, 3.63) is 62.2 Å². The van der Waals surface area contributed by atoms with Crippen LogP contribution in [0.5, 0.6) is 0 Å². The molecule has 0 radical (unpaired) electrons. The molecule has 0 aliphatic carbocycles. The van der Waals surface area contributed by atoms with Crippen LogP contribution < -0.4 is 0 Å². The fourth-order valence-electron chi connectivity index (χ4n) is 2.88. The zero-order valence-corrected chi connectivity index (χ0v) is 15.1. The molecule has 2 heterocycles. The summed E-state index contributed by atoms with van der Waals surface area (Å²) in [5.41, 5.74) is 2.98. The van der Waals surface area contributed by atoms with E-state index in [0.29, 0.717) is 0 Å². The summed E-state index contributed by atoms with van der Waals surface area (Å²) in [4.78, 5) is 4.30. The summed E-state index contributed by atoms with van der Waals surface area (Å²) < 4.78 is 1.47. The minimum absolute atomic E-state index is 1.05. The minimum Gasteiger partial charge on any atom is -0.145 e. The van der Waals surface area contributed by atoms with Crippen molar-refractivity contribution in [1.82, 2.24) is 0 Å². The van der Waals surface area contributed by atoms with Gasteiger partial charge in [-0.05, 0) is 54.5 Å². The first-order valence-electron chi connectivity index (χ1n) is 7.98. The third-order valence-corrected chi connectivity index (χ3v) is 6.24. The molecule has 2 heteroatoms. The molecule has 1 aromatic carbocycles. The molecule has 0 bridgehead atoms. The van der Waals surface area contributed by atoms with Gasteiger partial charge in [-0.3, -0.25) is 0 Å². The van der Waals surface area contributed by atoms with E-state index in [1.54, 1.807) is 0 Å². The average Bonchev–Trinajstić information content (AvgIpc) is 3.08. The number of thiophene rings is 2.